The Hall–Kier alpha value is -1.32. The van der Waals surface area contributed by atoms with Gasteiger partial charge in [-0.2, -0.15) is 0 Å². The Morgan fingerprint density at radius 2 is 2.14 bits per heavy atom. The summed E-state index contributed by atoms with van der Waals surface area (Å²) in [4.78, 5) is 0. The van der Waals surface area contributed by atoms with Crippen LogP contribution in [0.2, 0.25) is 0 Å². The molecule has 0 amide bonds. The molecule has 0 radical (unpaired) electrons. The fourth-order valence-corrected chi connectivity index (χ4v) is 2.60. The molecular weight excluding hydrogens is 262 g/mol. The summed E-state index contributed by atoms with van der Waals surface area (Å²) in [5.74, 6) is 0.918. The zero-order chi connectivity index (χ0) is 14.8. The van der Waals surface area contributed by atoms with Crippen LogP contribution in [0.25, 0.3) is 0 Å². The maximum atomic E-state index is 5.63. The van der Waals surface area contributed by atoms with E-state index in [-0.39, 0.29) is 0 Å². The summed E-state index contributed by atoms with van der Waals surface area (Å²) in [6.07, 6.45) is 8.92. The van der Waals surface area contributed by atoms with Crippen molar-refractivity contribution in [3.8, 4) is 5.75 Å². The second-order valence-corrected chi connectivity index (χ2v) is 5.52. The summed E-state index contributed by atoms with van der Waals surface area (Å²) in [5, 5.41) is 3.52. The largest absolute Gasteiger partial charge is 0.491 e. The van der Waals surface area contributed by atoms with Gasteiger partial charge in [0.05, 0.1) is 6.61 Å². The third-order valence-electron chi connectivity index (χ3n) is 3.79. The third-order valence-corrected chi connectivity index (χ3v) is 3.79. The van der Waals surface area contributed by atoms with Crippen molar-refractivity contribution in [2.75, 3.05) is 26.9 Å². The van der Waals surface area contributed by atoms with E-state index in [0.717, 1.165) is 18.8 Å². The topological polar surface area (TPSA) is 30.5 Å². The number of ether oxygens (including phenoxy) is 2. The molecule has 0 heterocycles. The third kappa shape index (κ3) is 6.32. The maximum Gasteiger partial charge on any atom is 0.119 e. The molecule has 0 unspecified atom stereocenters. The summed E-state index contributed by atoms with van der Waals surface area (Å²) in [5.41, 5.74) is 2.90. The van der Waals surface area contributed by atoms with Gasteiger partial charge >= 0.3 is 0 Å². The summed E-state index contributed by atoms with van der Waals surface area (Å²) < 4.78 is 10.6. The van der Waals surface area contributed by atoms with Crippen molar-refractivity contribution < 1.29 is 9.47 Å². The molecule has 0 aliphatic heterocycles. The highest BCUT2D eigenvalue weighted by Crippen LogP contribution is 2.19. The first-order valence-electron chi connectivity index (χ1n) is 7.98. The minimum absolute atomic E-state index is 0.599. The van der Waals surface area contributed by atoms with E-state index in [1.807, 2.05) is 12.1 Å². The van der Waals surface area contributed by atoms with Crippen molar-refractivity contribution in [3.05, 3.63) is 41.5 Å². The van der Waals surface area contributed by atoms with Crippen LogP contribution in [0.15, 0.2) is 35.9 Å². The molecular formula is C18H27NO2. The van der Waals surface area contributed by atoms with Crippen molar-refractivity contribution in [2.45, 2.75) is 38.6 Å². The van der Waals surface area contributed by atoms with Gasteiger partial charge in [0, 0.05) is 13.7 Å². The number of hydrogen-bond donors (Lipinski definition) is 1. The second kappa shape index (κ2) is 9.59. The van der Waals surface area contributed by atoms with Gasteiger partial charge in [0.25, 0.3) is 0 Å². The lowest BCUT2D eigenvalue weighted by Crippen LogP contribution is -2.15. The van der Waals surface area contributed by atoms with E-state index >= 15 is 0 Å². The number of benzene rings is 1. The molecule has 1 N–H and O–H groups in total. The van der Waals surface area contributed by atoms with E-state index < -0.39 is 0 Å². The van der Waals surface area contributed by atoms with Crippen molar-refractivity contribution >= 4 is 0 Å². The lowest BCUT2D eigenvalue weighted by atomic mass is 9.97. The first-order chi connectivity index (χ1) is 10.4. The molecule has 3 nitrogen and oxygen atoms in total. The monoisotopic (exact) mass is 289 g/mol. The van der Waals surface area contributed by atoms with E-state index in [0.29, 0.717) is 13.2 Å². The van der Waals surface area contributed by atoms with Gasteiger partial charge in [-0.1, -0.05) is 23.8 Å². The van der Waals surface area contributed by atoms with Crippen molar-refractivity contribution in [1.82, 2.24) is 5.32 Å². The van der Waals surface area contributed by atoms with Crippen molar-refractivity contribution in [2.24, 2.45) is 0 Å². The summed E-state index contributed by atoms with van der Waals surface area (Å²) in [6.45, 7) is 3.18. The number of methoxy groups -OCH3 is 1. The van der Waals surface area contributed by atoms with Crippen molar-refractivity contribution in [1.29, 1.82) is 0 Å². The Bertz CT molecular complexity index is 443. The molecule has 1 aromatic carbocycles. The molecule has 0 bridgehead atoms. The van der Waals surface area contributed by atoms with Crippen LogP contribution >= 0.6 is 0 Å². The fraction of sp³-hybridized carbons (Fsp3) is 0.556. The van der Waals surface area contributed by atoms with Crippen LogP contribution in [0.4, 0.5) is 0 Å². The molecule has 0 saturated heterocycles. The standard InChI is InChI=1S/C18H27NO2/c1-20-12-13-21-18-9-5-8-17(14-18)15-19-11-10-16-6-3-2-4-7-16/h5-6,8-9,14,19H,2-4,7,10-13,15H2,1H3. The highest BCUT2D eigenvalue weighted by atomic mass is 16.5. The van der Waals surface area contributed by atoms with Gasteiger partial charge in [-0.3, -0.25) is 0 Å². The highest BCUT2D eigenvalue weighted by molar-refractivity contribution is 5.28. The number of allylic oxidation sites excluding steroid dienone is 1. The molecule has 0 saturated carbocycles. The first-order valence-corrected chi connectivity index (χ1v) is 7.98. The van der Waals surface area contributed by atoms with Crippen LogP contribution in [0.1, 0.15) is 37.7 Å². The number of rotatable bonds is 9. The molecule has 116 valence electrons. The van der Waals surface area contributed by atoms with Gasteiger partial charge in [-0.15, -0.1) is 0 Å². The molecule has 2 rings (SSSR count). The van der Waals surface area contributed by atoms with E-state index in [9.17, 15) is 0 Å². The predicted molar refractivity (Wildman–Crippen MR) is 86.7 cm³/mol. The van der Waals surface area contributed by atoms with Crippen molar-refractivity contribution in [3.63, 3.8) is 0 Å². The summed E-state index contributed by atoms with van der Waals surface area (Å²) in [7, 11) is 1.69. The average Bonchev–Trinajstić information content (AvgIpc) is 2.53. The Morgan fingerprint density at radius 1 is 1.19 bits per heavy atom. The van der Waals surface area contributed by atoms with Crippen LogP contribution in [0.3, 0.4) is 0 Å². The predicted octanol–water partition coefficient (Wildman–Crippen LogP) is 3.69. The highest BCUT2D eigenvalue weighted by Gasteiger charge is 2.03. The zero-order valence-corrected chi connectivity index (χ0v) is 13.1. The molecule has 1 aromatic rings. The molecule has 3 heteroatoms. The second-order valence-electron chi connectivity index (χ2n) is 5.52. The van der Waals surface area contributed by atoms with Gasteiger partial charge in [0.15, 0.2) is 0 Å². The average molecular weight is 289 g/mol. The lowest BCUT2D eigenvalue weighted by Gasteiger charge is -2.13. The zero-order valence-electron chi connectivity index (χ0n) is 13.1. The molecule has 0 fully saturated rings. The van der Waals surface area contributed by atoms with E-state index in [1.165, 1.54) is 37.7 Å². The smallest absolute Gasteiger partial charge is 0.119 e. The van der Waals surface area contributed by atoms with Crippen LogP contribution < -0.4 is 10.1 Å². The minimum atomic E-state index is 0.599. The first kappa shape index (κ1) is 16.1. The molecule has 21 heavy (non-hydrogen) atoms. The minimum Gasteiger partial charge on any atom is -0.491 e. The van der Waals surface area contributed by atoms with Gasteiger partial charge in [0.1, 0.15) is 12.4 Å². The Kier molecular flexibility index (Phi) is 7.33. The number of nitrogens with one attached hydrogen (secondary N) is 1. The quantitative estimate of drug-likeness (QED) is 0.555. The van der Waals surface area contributed by atoms with Gasteiger partial charge < -0.3 is 14.8 Å². The van der Waals surface area contributed by atoms with Crippen LogP contribution in [-0.2, 0) is 11.3 Å². The Labute approximate surface area is 128 Å². The summed E-state index contributed by atoms with van der Waals surface area (Å²) in [6, 6.07) is 8.27. The Balaban J connectivity index is 1.67. The lowest BCUT2D eigenvalue weighted by molar-refractivity contribution is 0.146. The molecule has 0 aromatic heterocycles. The molecule has 1 aliphatic carbocycles. The molecule has 1 aliphatic rings. The fourth-order valence-electron chi connectivity index (χ4n) is 2.60. The van der Waals surface area contributed by atoms with Crippen LogP contribution in [0.5, 0.6) is 5.75 Å². The van der Waals surface area contributed by atoms with Crippen LogP contribution in [-0.4, -0.2) is 26.9 Å². The van der Waals surface area contributed by atoms with E-state index in [1.54, 1.807) is 12.7 Å². The maximum absolute atomic E-state index is 5.63. The van der Waals surface area contributed by atoms with Gasteiger partial charge in [0.2, 0.25) is 0 Å². The molecule has 0 atom stereocenters. The SMILES string of the molecule is COCCOc1cccc(CNCCC2=CCCCC2)c1. The molecule has 0 spiro atoms. The van der Waals surface area contributed by atoms with Crippen LogP contribution in [0, 0.1) is 0 Å². The van der Waals surface area contributed by atoms with E-state index in [4.69, 9.17) is 9.47 Å². The number of hydrogen-bond acceptors (Lipinski definition) is 3. The Morgan fingerprint density at radius 3 is 2.95 bits per heavy atom. The normalized spacial score (nSPS) is 14.8. The van der Waals surface area contributed by atoms with E-state index in [2.05, 4.69) is 23.5 Å². The van der Waals surface area contributed by atoms with Gasteiger partial charge in [-0.05, 0) is 56.3 Å². The van der Waals surface area contributed by atoms with Gasteiger partial charge in [-0.25, -0.2) is 0 Å². The summed E-state index contributed by atoms with van der Waals surface area (Å²) >= 11 is 0.